The molecule has 14 heavy (non-hydrogen) atoms. The number of carboxylic acid groups (broad SMARTS) is 1. The third-order valence-corrected chi connectivity index (χ3v) is 2.20. The zero-order chi connectivity index (χ0) is 10.7. The number of carbonyl (C=O) groups is 2. The topological polar surface area (TPSA) is 77.8 Å². The molecule has 5 heteroatoms. The molecule has 0 radical (unpaired) electrons. The van der Waals surface area contributed by atoms with Crippen LogP contribution in [0.2, 0.25) is 0 Å². The first kappa shape index (κ1) is 10.7. The number of aliphatic hydroxyl groups excluding tert-OH is 1. The van der Waals surface area contributed by atoms with E-state index < -0.39 is 18.1 Å². The molecule has 0 unspecified atom stereocenters. The van der Waals surface area contributed by atoms with Gasteiger partial charge < -0.3 is 15.1 Å². The van der Waals surface area contributed by atoms with Crippen LogP contribution in [0.15, 0.2) is 12.7 Å². The number of aliphatic carboxylic acids is 1. The van der Waals surface area contributed by atoms with E-state index in [0.29, 0.717) is 0 Å². The molecule has 1 fully saturated rings. The van der Waals surface area contributed by atoms with Crippen molar-refractivity contribution in [1.82, 2.24) is 4.90 Å². The van der Waals surface area contributed by atoms with Crippen LogP contribution >= 0.6 is 0 Å². The van der Waals surface area contributed by atoms with Crippen LogP contribution in [0.25, 0.3) is 0 Å². The van der Waals surface area contributed by atoms with Crippen molar-refractivity contribution in [1.29, 1.82) is 0 Å². The zero-order valence-corrected chi connectivity index (χ0v) is 7.72. The third-order valence-electron chi connectivity index (χ3n) is 2.20. The van der Waals surface area contributed by atoms with Crippen molar-refractivity contribution in [3.63, 3.8) is 0 Å². The van der Waals surface area contributed by atoms with Crippen molar-refractivity contribution in [2.45, 2.75) is 25.0 Å². The Morgan fingerprint density at radius 3 is 2.71 bits per heavy atom. The van der Waals surface area contributed by atoms with Gasteiger partial charge in [-0.2, -0.15) is 0 Å². The summed E-state index contributed by atoms with van der Waals surface area (Å²) < 4.78 is 0. The van der Waals surface area contributed by atoms with Crippen LogP contribution in [-0.2, 0) is 9.59 Å². The smallest absolute Gasteiger partial charge is 0.326 e. The Bertz CT molecular complexity index is 264. The number of aliphatic hydroxyl groups is 1. The van der Waals surface area contributed by atoms with Crippen LogP contribution in [0.3, 0.4) is 0 Å². The molecule has 78 valence electrons. The maximum absolute atomic E-state index is 11.4. The van der Waals surface area contributed by atoms with Gasteiger partial charge in [0.1, 0.15) is 6.04 Å². The predicted molar refractivity (Wildman–Crippen MR) is 48.6 cm³/mol. The van der Waals surface area contributed by atoms with Crippen LogP contribution in [0.4, 0.5) is 0 Å². The molecular weight excluding hydrogens is 186 g/mol. The molecule has 1 aliphatic rings. The van der Waals surface area contributed by atoms with Crippen LogP contribution in [0, 0.1) is 0 Å². The van der Waals surface area contributed by atoms with Gasteiger partial charge in [0.15, 0.2) is 0 Å². The monoisotopic (exact) mass is 199 g/mol. The van der Waals surface area contributed by atoms with Gasteiger partial charge in [-0.1, -0.05) is 6.08 Å². The first-order valence-electron chi connectivity index (χ1n) is 4.37. The number of amides is 1. The number of carbonyl (C=O) groups excluding carboxylic acids is 1. The molecule has 0 aromatic heterocycles. The van der Waals surface area contributed by atoms with Crippen LogP contribution in [0.1, 0.15) is 12.8 Å². The van der Waals surface area contributed by atoms with Crippen molar-refractivity contribution < 1.29 is 19.8 Å². The van der Waals surface area contributed by atoms with Crippen molar-refractivity contribution in [2.24, 2.45) is 0 Å². The second kappa shape index (κ2) is 4.23. The average molecular weight is 199 g/mol. The molecule has 0 spiro atoms. The van der Waals surface area contributed by atoms with Gasteiger partial charge in [-0.3, -0.25) is 4.79 Å². The molecule has 0 bridgehead atoms. The van der Waals surface area contributed by atoms with E-state index >= 15 is 0 Å². The van der Waals surface area contributed by atoms with Gasteiger partial charge in [-0.05, 0) is 0 Å². The van der Waals surface area contributed by atoms with E-state index in [-0.39, 0.29) is 25.3 Å². The molecular formula is C9H13NO4. The van der Waals surface area contributed by atoms with Crippen LogP contribution in [-0.4, -0.2) is 45.7 Å². The minimum atomic E-state index is -1.07. The Hall–Kier alpha value is -1.36. The minimum Gasteiger partial charge on any atom is -0.480 e. The number of carboxylic acids is 1. The summed E-state index contributed by atoms with van der Waals surface area (Å²) in [7, 11) is 0. The third kappa shape index (κ3) is 2.11. The highest BCUT2D eigenvalue weighted by Crippen LogP contribution is 2.19. The number of rotatable bonds is 3. The molecule has 1 amide bonds. The van der Waals surface area contributed by atoms with Crippen LogP contribution in [0.5, 0.6) is 0 Å². The molecule has 2 atom stereocenters. The molecule has 5 nitrogen and oxygen atoms in total. The Kier molecular flexibility index (Phi) is 3.24. The first-order valence-corrected chi connectivity index (χ1v) is 4.37. The van der Waals surface area contributed by atoms with Crippen molar-refractivity contribution in [3.05, 3.63) is 12.7 Å². The quantitative estimate of drug-likeness (QED) is 0.607. The van der Waals surface area contributed by atoms with E-state index in [1.807, 2.05) is 0 Å². The van der Waals surface area contributed by atoms with Gasteiger partial charge in [-0.25, -0.2) is 4.79 Å². The summed E-state index contributed by atoms with van der Waals surface area (Å²) in [4.78, 5) is 23.3. The molecule has 2 N–H and O–H groups in total. The fourth-order valence-electron chi connectivity index (χ4n) is 1.56. The second-order valence-corrected chi connectivity index (χ2v) is 3.28. The molecule has 0 aromatic rings. The molecule has 0 aliphatic carbocycles. The fraction of sp³-hybridized carbons (Fsp3) is 0.556. The predicted octanol–water partition coefficient (Wildman–Crippen LogP) is -0.391. The Balaban J connectivity index is 2.70. The SMILES string of the molecule is C=CCC(=O)N1C[C@H](O)C[C@@H]1C(=O)O. The van der Waals surface area contributed by atoms with Gasteiger partial charge in [-0.15, -0.1) is 6.58 Å². The van der Waals surface area contributed by atoms with Crippen molar-refractivity contribution >= 4 is 11.9 Å². The van der Waals surface area contributed by atoms with E-state index in [9.17, 15) is 14.7 Å². The summed E-state index contributed by atoms with van der Waals surface area (Å²) in [5, 5.41) is 18.0. The van der Waals surface area contributed by atoms with Gasteiger partial charge in [0.05, 0.1) is 6.10 Å². The molecule has 1 aliphatic heterocycles. The van der Waals surface area contributed by atoms with Gasteiger partial charge in [0.25, 0.3) is 0 Å². The lowest BCUT2D eigenvalue weighted by molar-refractivity contribution is -0.147. The molecule has 0 saturated carbocycles. The average Bonchev–Trinajstić information content (AvgIpc) is 2.48. The van der Waals surface area contributed by atoms with E-state index in [0.717, 1.165) is 0 Å². The lowest BCUT2D eigenvalue weighted by Crippen LogP contribution is -2.40. The first-order chi connectivity index (χ1) is 6.56. The highest BCUT2D eigenvalue weighted by Gasteiger charge is 2.38. The Morgan fingerprint density at radius 2 is 2.21 bits per heavy atom. The highest BCUT2D eigenvalue weighted by atomic mass is 16.4. The molecule has 1 heterocycles. The summed E-state index contributed by atoms with van der Waals surface area (Å²) in [6, 6.07) is -0.891. The van der Waals surface area contributed by atoms with Gasteiger partial charge in [0.2, 0.25) is 5.91 Å². The number of hydrogen-bond donors (Lipinski definition) is 2. The maximum atomic E-state index is 11.4. The molecule has 0 aromatic carbocycles. The zero-order valence-electron chi connectivity index (χ0n) is 7.72. The van der Waals surface area contributed by atoms with Crippen molar-refractivity contribution in [2.75, 3.05) is 6.54 Å². The van der Waals surface area contributed by atoms with E-state index in [1.165, 1.54) is 11.0 Å². The van der Waals surface area contributed by atoms with E-state index in [1.54, 1.807) is 0 Å². The standard InChI is InChI=1S/C9H13NO4/c1-2-3-8(12)10-5-6(11)4-7(10)9(13)14/h2,6-7,11H,1,3-5H2,(H,13,14)/t6-,7-/m1/s1. The lowest BCUT2D eigenvalue weighted by Gasteiger charge is -2.20. The number of nitrogens with zero attached hydrogens (tertiary/aromatic N) is 1. The Morgan fingerprint density at radius 1 is 1.57 bits per heavy atom. The minimum absolute atomic E-state index is 0.101. The Labute approximate surface area is 81.6 Å². The van der Waals surface area contributed by atoms with E-state index in [2.05, 4.69) is 6.58 Å². The number of β-amino-alcohol motifs (C(OH)–C–C–N with tert-alkyl or cyclic N) is 1. The number of likely N-dealkylation sites (tertiary alicyclic amines) is 1. The van der Waals surface area contributed by atoms with E-state index in [4.69, 9.17) is 5.11 Å². The van der Waals surface area contributed by atoms with Crippen molar-refractivity contribution in [3.8, 4) is 0 Å². The summed E-state index contributed by atoms with van der Waals surface area (Å²) in [5.41, 5.74) is 0. The maximum Gasteiger partial charge on any atom is 0.326 e. The summed E-state index contributed by atoms with van der Waals surface area (Å²) >= 11 is 0. The summed E-state index contributed by atoms with van der Waals surface area (Å²) in [6.45, 7) is 3.50. The highest BCUT2D eigenvalue weighted by molar-refractivity contribution is 5.85. The van der Waals surface area contributed by atoms with Gasteiger partial charge >= 0.3 is 5.97 Å². The molecule has 1 saturated heterocycles. The number of hydrogen-bond acceptors (Lipinski definition) is 3. The second-order valence-electron chi connectivity index (χ2n) is 3.28. The lowest BCUT2D eigenvalue weighted by atomic mass is 10.2. The fourth-order valence-corrected chi connectivity index (χ4v) is 1.56. The molecule has 1 rings (SSSR count). The summed E-state index contributed by atoms with van der Waals surface area (Å²) in [6.07, 6.45) is 0.908. The van der Waals surface area contributed by atoms with Gasteiger partial charge in [0, 0.05) is 19.4 Å². The normalized spacial score (nSPS) is 26.2. The summed E-state index contributed by atoms with van der Waals surface area (Å²) in [5.74, 6) is -1.37. The largest absolute Gasteiger partial charge is 0.480 e. The van der Waals surface area contributed by atoms with Crippen LogP contribution < -0.4 is 0 Å².